The lowest BCUT2D eigenvalue weighted by molar-refractivity contribution is -0.881. The van der Waals surface area contributed by atoms with E-state index in [4.69, 9.17) is 0 Å². The summed E-state index contributed by atoms with van der Waals surface area (Å²) in [7, 11) is 0. The van der Waals surface area contributed by atoms with Gasteiger partial charge in [0.15, 0.2) is 0 Å². The van der Waals surface area contributed by atoms with E-state index in [1.165, 1.54) is 0 Å². The van der Waals surface area contributed by atoms with Crippen LogP contribution in [0.25, 0.3) is 0 Å². The van der Waals surface area contributed by atoms with Crippen LogP contribution in [0.5, 0.6) is 0 Å². The highest BCUT2D eigenvalue weighted by atomic mass is 16.5. The summed E-state index contributed by atoms with van der Waals surface area (Å²) in [5, 5.41) is 12.8. The van der Waals surface area contributed by atoms with E-state index in [1.54, 1.807) is 0 Å². The van der Waals surface area contributed by atoms with Crippen LogP contribution < -0.4 is 0 Å². The first-order valence-electron chi connectivity index (χ1n) is 9.05. The molecule has 0 rings (SSSR count). The van der Waals surface area contributed by atoms with Crippen LogP contribution in [0.1, 0.15) is 78.6 Å². The summed E-state index contributed by atoms with van der Waals surface area (Å²) in [5.41, 5.74) is 0. The quantitative estimate of drug-likeness (QED) is 0.167. The first-order chi connectivity index (χ1) is 10.2. The number of nitrogens with zero attached hydrogens (tertiary/aromatic N) is 1. The van der Waals surface area contributed by atoms with Gasteiger partial charge in [0.05, 0.1) is 19.6 Å². The zero-order chi connectivity index (χ0) is 15.8. The lowest BCUT2D eigenvalue weighted by Crippen LogP contribution is -2.44. The maximum absolute atomic E-state index is 12.8. The molecule has 0 aromatic carbocycles. The Kier molecular flexibility index (Phi) is 13.9. The number of allylic oxidation sites excluding steroid dienone is 4. The molecule has 2 heteroatoms. The van der Waals surface area contributed by atoms with E-state index in [1.807, 2.05) is 0 Å². The van der Waals surface area contributed by atoms with Crippen molar-refractivity contribution in [2.45, 2.75) is 78.6 Å². The SMILES string of the molecule is CC/C=C/CCCC[N+]([O-])(CCC)CCCC/C=C/CC. The van der Waals surface area contributed by atoms with Crippen molar-refractivity contribution < 1.29 is 4.65 Å². The minimum absolute atomic E-state index is 0.0332. The average Bonchev–Trinajstić information content (AvgIpc) is 2.47. The molecule has 0 aromatic heterocycles. The predicted octanol–water partition coefficient (Wildman–Crippen LogP) is 5.98. The molecule has 0 saturated heterocycles. The number of hydroxylamine groups is 3. The van der Waals surface area contributed by atoms with Gasteiger partial charge in [0.25, 0.3) is 0 Å². The van der Waals surface area contributed by atoms with Gasteiger partial charge in [-0.05, 0) is 57.8 Å². The normalized spacial score (nSPS) is 12.8. The molecule has 0 heterocycles. The Balaban J connectivity index is 3.88. The maximum Gasteiger partial charge on any atom is 0.0784 e. The molecule has 0 aliphatic heterocycles. The molecular formula is C19H37NO. The van der Waals surface area contributed by atoms with Gasteiger partial charge in [-0.15, -0.1) is 0 Å². The molecule has 124 valence electrons. The van der Waals surface area contributed by atoms with Gasteiger partial charge in [-0.2, -0.15) is 0 Å². The zero-order valence-corrected chi connectivity index (χ0v) is 14.7. The zero-order valence-electron chi connectivity index (χ0n) is 14.7. The Morgan fingerprint density at radius 1 is 0.667 bits per heavy atom. The van der Waals surface area contributed by atoms with Crippen molar-refractivity contribution in [1.82, 2.24) is 0 Å². The van der Waals surface area contributed by atoms with Crippen molar-refractivity contribution in [2.75, 3.05) is 19.6 Å². The van der Waals surface area contributed by atoms with Crippen LogP contribution >= 0.6 is 0 Å². The fraction of sp³-hybridized carbons (Fsp3) is 0.789. The smallest absolute Gasteiger partial charge is 0.0784 e. The van der Waals surface area contributed by atoms with Gasteiger partial charge in [-0.3, -0.25) is 0 Å². The number of quaternary nitrogens is 1. The molecule has 0 bridgehead atoms. The molecule has 0 radical (unpaired) electrons. The van der Waals surface area contributed by atoms with E-state index in [9.17, 15) is 5.21 Å². The number of rotatable bonds is 14. The third-order valence-corrected chi connectivity index (χ3v) is 3.81. The molecule has 0 aliphatic rings. The molecule has 0 aliphatic carbocycles. The van der Waals surface area contributed by atoms with Gasteiger partial charge in [0.1, 0.15) is 0 Å². The van der Waals surface area contributed by atoms with Crippen molar-refractivity contribution in [3.8, 4) is 0 Å². The maximum atomic E-state index is 12.8. The van der Waals surface area contributed by atoms with Crippen molar-refractivity contribution >= 4 is 0 Å². The Morgan fingerprint density at radius 2 is 1.14 bits per heavy atom. The standard InChI is InChI=1S/C19H37NO/c1-4-7-9-11-13-15-18-20(21,17-6-3)19-16-14-12-10-8-5-2/h7-10H,4-6,11-19H2,1-3H3/b9-7+,10-8+. The van der Waals surface area contributed by atoms with Gasteiger partial charge in [-0.25, -0.2) is 0 Å². The summed E-state index contributed by atoms with van der Waals surface area (Å²) in [4.78, 5) is 0. The van der Waals surface area contributed by atoms with E-state index < -0.39 is 0 Å². The van der Waals surface area contributed by atoms with E-state index >= 15 is 0 Å². The average molecular weight is 296 g/mol. The van der Waals surface area contributed by atoms with Crippen LogP contribution in [-0.2, 0) is 0 Å². The van der Waals surface area contributed by atoms with Crippen molar-refractivity contribution in [3.63, 3.8) is 0 Å². The molecule has 0 N–H and O–H groups in total. The van der Waals surface area contributed by atoms with Crippen molar-refractivity contribution in [3.05, 3.63) is 29.5 Å². The molecule has 0 amide bonds. The van der Waals surface area contributed by atoms with Crippen LogP contribution in [0.15, 0.2) is 24.3 Å². The van der Waals surface area contributed by atoms with Crippen LogP contribution in [0, 0.1) is 5.21 Å². The lowest BCUT2D eigenvalue weighted by Gasteiger charge is -2.43. The highest BCUT2D eigenvalue weighted by molar-refractivity contribution is 4.80. The second-order valence-electron chi connectivity index (χ2n) is 5.98. The first kappa shape index (κ1) is 20.4. The summed E-state index contributed by atoms with van der Waals surface area (Å²) in [6.07, 6.45) is 18.8. The molecule has 0 atom stereocenters. The third-order valence-electron chi connectivity index (χ3n) is 3.81. The predicted molar refractivity (Wildman–Crippen MR) is 95.1 cm³/mol. The monoisotopic (exact) mass is 295 g/mol. The summed E-state index contributed by atoms with van der Waals surface area (Å²) >= 11 is 0. The number of hydrogen-bond acceptors (Lipinski definition) is 1. The van der Waals surface area contributed by atoms with Crippen LogP contribution in [0.4, 0.5) is 0 Å². The van der Waals surface area contributed by atoms with Gasteiger partial charge < -0.3 is 9.85 Å². The topological polar surface area (TPSA) is 23.1 Å². The lowest BCUT2D eigenvalue weighted by atomic mass is 10.1. The van der Waals surface area contributed by atoms with E-state index in [-0.39, 0.29) is 4.65 Å². The van der Waals surface area contributed by atoms with Gasteiger partial charge in [0.2, 0.25) is 0 Å². The number of unbranched alkanes of at least 4 members (excludes halogenated alkanes) is 4. The molecular weight excluding hydrogens is 258 g/mol. The number of hydrogen-bond donors (Lipinski definition) is 0. The van der Waals surface area contributed by atoms with Crippen LogP contribution in [-0.4, -0.2) is 24.3 Å². The molecule has 2 nitrogen and oxygen atoms in total. The van der Waals surface area contributed by atoms with Crippen molar-refractivity contribution in [2.24, 2.45) is 0 Å². The summed E-state index contributed by atoms with van der Waals surface area (Å²) in [6, 6.07) is 0. The fourth-order valence-corrected chi connectivity index (χ4v) is 2.64. The third kappa shape index (κ3) is 12.8. The molecule has 0 aromatic rings. The van der Waals surface area contributed by atoms with E-state index in [2.05, 4.69) is 45.1 Å². The Bertz CT molecular complexity index is 249. The van der Waals surface area contributed by atoms with Crippen LogP contribution in [0.3, 0.4) is 0 Å². The Morgan fingerprint density at radius 3 is 1.52 bits per heavy atom. The molecule has 0 fully saturated rings. The summed E-state index contributed by atoms with van der Waals surface area (Å²) in [6.45, 7) is 8.84. The highest BCUT2D eigenvalue weighted by Gasteiger charge is 2.14. The summed E-state index contributed by atoms with van der Waals surface area (Å²) in [5.74, 6) is 0. The molecule has 0 unspecified atom stereocenters. The van der Waals surface area contributed by atoms with Gasteiger partial charge in [0, 0.05) is 0 Å². The van der Waals surface area contributed by atoms with E-state index in [0.717, 1.165) is 77.4 Å². The Hall–Kier alpha value is -0.600. The largest absolute Gasteiger partial charge is 0.633 e. The van der Waals surface area contributed by atoms with E-state index in [0.29, 0.717) is 0 Å². The van der Waals surface area contributed by atoms with Gasteiger partial charge >= 0.3 is 0 Å². The van der Waals surface area contributed by atoms with Crippen LogP contribution in [0.2, 0.25) is 0 Å². The van der Waals surface area contributed by atoms with Crippen molar-refractivity contribution in [1.29, 1.82) is 0 Å². The molecule has 0 spiro atoms. The Labute approximate surface area is 133 Å². The minimum atomic E-state index is 0.0332. The second kappa shape index (κ2) is 14.3. The molecule has 21 heavy (non-hydrogen) atoms. The second-order valence-corrected chi connectivity index (χ2v) is 5.98. The summed E-state index contributed by atoms with van der Waals surface area (Å²) < 4.78 is 0.0332. The molecule has 0 saturated carbocycles. The minimum Gasteiger partial charge on any atom is -0.633 e. The highest BCUT2D eigenvalue weighted by Crippen LogP contribution is 2.13. The fourth-order valence-electron chi connectivity index (χ4n) is 2.64. The first-order valence-corrected chi connectivity index (χ1v) is 9.05. The van der Waals surface area contributed by atoms with Gasteiger partial charge in [-0.1, -0.05) is 45.1 Å².